The molecule has 2 aromatic heterocycles. The van der Waals surface area contributed by atoms with Crippen LogP contribution in [-0.2, 0) is 16.1 Å². The monoisotopic (exact) mass is 341 g/mol. The van der Waals surface area contributed by atoms with Gasteiger partial charge in [0.25, 0.3) is 5.56 Å². The third kappa shape index (κ3) is 3.74. The van der Waals surface area contributed by atoms with Crippen molar-refractivity contribution >= 4 is 16.9 Å². The molecule has 0 aliphatic carbocycles. The van der Waals surface area contributed by atoms with Crippen LogP contribution in [0.1, 0.15) is 5.56 Å². The molecule has 0 fully saturated rings. The first-order chi connectivity index (χ1) is 12.1. The molecule has 25 heavy (non-hydrogen) atoms. The lowest BCUT2D eigenvalue weighted by molar-refractivity contribution is -0.121. The molecule has 0 saturated carbocycles. The van der Waals surface area contributed by atoms with E-state index in [1.165, 1.54) is 10.9 Å². The molecule has 1 aromatic carbocycles. The molecule has 8 nitrogen and oxygen atoms in total. The first kappa shape index (κ1) is 16.8. The Morgan fingerprint density at radius 2 is 2.04 bits per heavy atom. The molecular weight excluding hydrogens is 322 g/mol. The van der Waals surface area contributed by atoms with Gasteiger partial charge in [-0.3, -0.25) is 14.2 Å². The van der Waals surface area contributed by atoms with Crippen LogP contribution < -0.4 is 10.9 Å². The predicted octanol–water partition coefficient (Wildman–Crippen LogP) is 0.653. The van der Waals surface area contributed by atoms with Crippen molar-refractivity contribution in [3.63, 3.8) is 0 Å². The number of carbonyl (C=O) groups excluding carboxylic acids is 1. The van der Waals surface area contributed by atoms with Crippen LogP contribution in [0.5, 0.6) is 0 Å². The number of ether oxygens (including phenoxy) is 1. The van der Waals surface area contributed by atoms with E-state index in [1.54, 1.807) is 18.0 Å². The van der Waals surface area contributed by atoms with Crippen LogP contribution in [0.4, 0.5) is 0 Å². The summed E-state index contributed by atoms with van der Waals surface area (Å²) >= 11 is 0. The summed E-state index contributed by atoms with van der Waals surface area (Å²) in [5.74, 6) is -0.272. The number of carbonyl (C=O) groups is 1. The van der Waals surface area contributed by atoms with E-state index < -0.39 is 0 Å². The summed E-state index contributed by atoms with van der Waals surface area (Å²) in [4.78, 5) is 28.6. The minimum Gasteiger partial charge on any atom is -0.383 e. The molecular formula is C17H19N5O3. The fourth-order valence-corrected chi connectivity index (χ4v) is 2.39. The molecule has 0 radical (unpaired) electrons. The van der Waals surface area contributed by atoms with Crippen LogP contribution in [0.3, 0.4) is 0 Å². The number of amides is 1. The summed E-state index contributed by atoms with van der Waals surface area (Å²) in [5.41, 5.74) is 2.03. The van der Waals surface area contributed by atoms with E-state index in [4.69, 9.17) is 4.74 Å². The van der Waals surface area contributed by atoms with Gasteiger partial charge in [-0.15, -0.1) is 5.10 Å². The average molecular weight is 341 g/mol. The zero-order chi connectivity index (χ0) is 17.8. The Balaban J connectivity index is 1.86. The molecule has 0 aliphatic rings. The maximum atomic E-state index is 12.6. The van der Waals surface area contributed by atoms with Crippen LogP contribution >= 0.6 is 0 Å². The summed E-state index contributed by atoms with van der Waals surface area (Å²) < 4.78 is 7.75. The fourth-order valence-electron chi connectivity index (χ4n) is 2.39. The molecule has 2 heterocycles. The number of aryl methyl sites for hydroxylation is 1. The van der Waals surface area contributed by atoms with E-state index in [1.807, 2.05) is 31.2 Å². The Morgan fingerprint density at radius 3 is 2.76 bits per heavy atom. The molecule has 8 heteroatoms. The van der Waals surface area contributed by atoms with Gasteiger partial charge in [0, 0.05) is 19.9 Å². The van der Waals surface area contributed by atoms with Crippen molar-refractivity contribution in [3.05, 3.63) is 52.7 Å². The van der Waals surface area contributed by atoms with Gasteiger partial charge in [0.2, 0.25) is 5.91 Å². The van der Waals surface area contributed by atoms with Crippen molar-refractivity contribution in [2.75, 3.05) is 20.3 Å². The fraction of sp³-hybridized carbons (Fsp3) is 0.294. The van der Waals surface area contributed by atoms with Gasteiger partial charge < -0.3 is 10.1 Å². The molecule has 0 atom stereocenters. The number of fused-ring (bicyclic) bond motifs is 1. The minimum atomic E-state index is -0.301. The highest BCUT2D eigenvalue weighted by atomic mass is 16.5. The van der Waals surface area contributed by atoms with Crippen molar-refractivity contribution in [2.24, 2.45) is 0 Å². The first-order valence-electron chi connectivity index (χ1n) is 7.86. The van der Waals surface area contributed by atoms with E-state index in [-0.39, 0.29) is 18.0 Å². The topological polar surface area (TPSA) is 91.0 Å². The lowest BCUT2D eigenvalue weighted by Gasteiger charge is -2.06. The van der Waals surface area contributed by atoms with Gasteiger partial charge in [0.15, 0.2) is 5.65 Å². The van der Waals surface area contributed by atoms with Crippen molar-refractivity contribution in [1.82, 2.24) is 24.6 Å². The zero-order valence-corrected chi connectivity index (χ0v) is 14.1. The van der Waals surface area contributed by atoms with Gasteiger partial charge in [-0.2, -0.15) is 0 Å². The maximum Gasteiger partial charge on any atom is 0.264 e. The molecule has 3 rings (SSSR count). The predicted molar refractivity (Wildman–Crippen MR) is 92.7 cm³/mol. The average Bonchev–Trinajstić information content (AvgIpc) is 3.03. The van der Waals surface area contributed by atoms with Crippen molar-refractivity contribution in [1.29, 1.82) is 0 Å². The first-order valence-corrected chi connectivity index (χ1v) is 7.86. The van der Waals surface area contributed by atoms with Crippen LogP contribution in [0.15, 0.2) is 41.6 Å². The second kappa shape index (κ2) is 7.27. The number of nitrogens with one attached hydrogen (secondary N) is 1. The molecule has 0 aliphatic heterocycles. The van der Waals surface area contributed by atoms with Crippen LogP contribution in [0.25, 0.3) is 16.7 Å². The maximum absolute atomic E-state index is 12.6. The van der Waals surface area contributed by atoms with E-state index in [0.717, 1.165) is 11.3 Å². The van der Waals surface area contributed by atoms with Crippen LogP contribution in [0.2, 0.25) is 0 Å². The molecule has 3 aromatic rings. The summed E-state index contributed by atoms with van der Waals surface area (Å²) in [6.45, 7) is 2.72. The van der Waals surface area contributed by atoms with Gasteiger partial charge in [-0.1, -0.05) is 17.7 Å². The smallest absolute Gasteiger partial charge is 0.264 e. The number of hydrogen-bond donors (Lipinski definition) is 1. The normalized spacial score (nSPS) is 11.0. The van der Waals surface area contributed by atoms with Crippen molar-refractivity contribution in [2.45, 2.75) is 13.5 Å². The lowest BCUT2D eigenvalue weighted by atomic mass is 10.2. The standard InChI is InChI=1S/C17H19N5O3/c1-12-3-5-13(6-4-12)22-9-14-16(20-22)19-11-21(17(14)24)10-15(23)18-7-8-25-2/h3-6,9,11H,7-8,10H2,1-2H3,(H,18,23). The Morgan fingerprint density at radius 1 is 1.28 bits per heavy atom. The summed E-state index contributed by atoms with van der Waals surface area (Å²) in [5, 5.41) is 7.37. The lowest BCUT2D eigenvalue weighted by Crippen LogP contribution is -2.34. The second-order valence-corrected chi connectivity index (χ2v) is 5.67. The van der Waals surface area contributed by atoms with Crippen LogP contribution in [-0.4, -0.2) is 45.5 Å². The summed E-state index contributed by atoms with van der Waals surface area (Å²) in [6.07, 6.45) is 2.97. The van der Waals surface area contributed by atoms with E-state index in [9.17, 15) is 9.59 Å². The number of benzene rings is 1. The quantitative estimate of drug-likeness (QED) is 0.665. The second-order valence-electron chi connectivity index (χ2n) is 5.67. The highest BCUT2D eigenvalue weighted by Gasteiger charge is 2.11. The molecule has 0 unspecified atom stereocenters. The Labute approximate surface area is 144 Å². The third-order valence-corrected chi connectivity index (χ3v) is 3.75. The van der Waals surface area contributed by atoms with E-state index in [2.05, 4.69) is 15.4 Å². The van der Waals surface area contributed by atoms with E-state index in [0.29, 0.717) is 24.2 Å². The van der Waals surface area contributed by atoms with Crippen LogP contribution in [0, 0.1) is 6.92 Å². The van der Waals surface area contributed by atoms with Gasteiger partial charge in [-0.25, -0.2) is 9.67 Å². The van der Waals surface area contributed by atoms with Crippen molar-refractivity contribution < 1.29 is 9.53 Å². The third-order valence-electron chi connectivity index (χ3n) is 3.75. The van der Waals surface area contributed by atoms with Crippen molar-refractivity contribution in [3.8, 4) is 5.69 Å². The highest BCUT2D eigenvalue weighted by molar-refractivity contribution is 5.77. The number of aromatic nitrogens is 4. The van der Waals surface area contributed by atoms with Gasteiger partial charge in [-0.05, 0) is 19.1 Å². The Bertz CT molecular complexity index is 943. The van der Waals surface area contributed by atoms with Gasteiger partial charge >= 0.3 is 0 Å². The van der Waals surface area contributed by atoms with E-state index >= 15 is 0 Å². The number of hydrogen-bond acceptors (Lipinski definition) is 5. The summed E-state index contributed by atoms with van der Waals surface area (Å²) in [7, 11) is 1.56. The molecule has 0 saturated heterocycles. The summed E-state index contributed by atoms with van der Waals surface area (Å²) in [6, 6.07) is 7.78. The molecule has 0 bridgehead atoms. The number of nitrogens with zero attached hydrogens (tertiary/aromatic N) is 4. The largest absolute Gasteiger partial charge is 0.383 e. The molecule has 1 amide bonds. The van der Waals surface area contributed by atoms with Gasteiger partial charge in [0.1, 0.15) is 18.3 Å². The highest BCUT2D eigenvalue weighted by Crippen LogP contribution is 2.12. The van der Waals surface area contributed by atoms with Gasteiger partial charge in [0.05, 0.1) is 12.3 Å². The molecule has 0 spiro atoms. The number of rotatable bonds is 6. The Hall–Kier alpha value is -3.00. The molecule has 1 N–H and O–H groups in total. The Kier molecular flexibility index (Phi) is 4.90. The minimum absolute atomic E-state index is 0.0960. The SMILES string of the molecule is COCCNC(=O)Cn1cnc2nn(-c3ccc(C)cc3)cc2c1=O. The zero-order valence-electron chi connectivity index (χ0n) is 14.1. The molecule has 130 valence electrons. The number of methoxy groups -OCH3 is 1.